The van der Waals surface area contributed by atoms with E-state index in [1.165, 1.54) is 69.7 Å². The van der Waals surface area contributed by atoms with Crippen LogP contribution in [0.2, 0.25) is 0 Å². The number of aryl methyl sites for hydroxylation is 1. The van der Waals surface area contributed by atoms with E-state index in [1.54, 1.807) is 5.56 Å². The highest BCUT2D eigenvalue weighted by Gasteiger charge is 2.24. The first-order valence-electron chi connectivity index (χ1n) is 16.3. The highest BCUT2D eigenvalue weighted by molar-refractivity contribution is 5.82. The topological polar surface area (TPSA) is 69.7 Å². The molecule has 1 N–H and O–H groups in total. The maximum atomic E-state index is 11.5. The number of carbonyl (C=O) groups is 3. The Kier molecular flexibility index (Phi) is 22.3. The van der Waals surface area contributed by atoms with Crippen molar-refractivity contribution in [1.82, 2.24) is 10.2 Å². The zero-order valence-corrected chi connectivity index (χ0v) is 28.0. The molecular weight excluding hydrogens is 510 g/mol. The second kappa shape index (κ2) is 23.5. The van der Waals surface area contributed by atoms with Gasteiger partial charge in [-0.15, -0.1) is 0 Å². The molecule has 2 saturated heterocycles. The third-order valence-electron chi connectivity index (χ3n) is 8.22. The normalized spacial score (nSPS) is 17.3. The van der Waals surface area contributed by atoms with Gasteiger partial charge in [-0.2, -0.15) is 0 Å². The molecule has 2 atom stereocenters. The standard InChI is InChI=1S/C20H33N3.C10H18O2.C3H6O.C2H6/c1-16-4-5-19(14-20(16)22(2)3)18-8-12-23(13-9-18)15-17-6-10-21-11-7-17;1-4-8(2)10(12)9(3)6-5-7-11;1-2-3-4;1-2/h4-5,14,17-18,21H,6-13,15H2,1-3H3;7-9H,4-6H2,1-3H3;3H,2H2,1H3;1-2H3. The average molecular weight is 574 g/mol. The molecule has 2 aliphatic heterocycles. The molecule has 2 fully saturated rings. The van der Waals surface area contributed by atoms with Crippen molar-refractivity contribution in [2.45, 2.75) is 106 Å². The Morgan fingerprint density at radius 2 is 1.59 bits per heavy atom. The summed E-state index contributed by atoms with van der Waals surface area (Å²) in [4.78, 5) is 35.7. The fourth-order valence-electron chi connectivity index (χ4n) is 5.39. The van der Waals surface area contributed by atoms with E-state index in [9.17, 15) is 14.4 Å². The van der Waals surface area contributed by atoms with E-state index in [0.29, 0.717) is 25.0 Å². The number of hydrogen-bond acceptors (Lipinski definition) is 6. The summed E-state index contributed by atoms with van der Waals surface area (Å²) in [7, 11) is 4.29. The summed E-state index contributed by atoms with van der Waals surface area (Å²) in [5, 5.41) is 3.48. The largest absolute Gasteiger partial charge is 0.377 e. The van der Waals surface area contributed by atoms with Crippen LogP contribution in [0, 0.1) is 24.7 Å². The molecule has 2 unspecified atom stereocenters. The molecule has 41 heavy (non-hydrogen) atoms. The SMILES string of the molecule is CC.CCC(C)C(=O)C(C)CCC=O.CCC=O.Cc1ccc(C2CCN(CC3CCNCC3)CC2)cc1N(C)C. The minimum Gasteiger partial charge on any atom is -0.377 e. The molecule has 0 aromatic heterocycles. The quantitative estimate of drug-likeness (QED) is 0.285. The van der Waals surface area contributed by atoms with Gasteiger partial charge >= 0.3 is 0 Å². The molecule has 0 bridgehead atoms. The van der Waals surface area contributed by atoms with Crippen LogP contribution in [0.15, 0.2) is 18.2 Å². The summed E-state index contributed by atoms with van der Waals surface area (Å²) in [6.07, 6.45) is 9.86. The van der Waals surface area contributed by atoms with Gasteiger partial charge in [0.05, 0.1) is 0 Å². The molecule has 0 saturated carbocycles. The van der Waals surface area contributed by atoms with Crippen LogP contribution >= 0.6 is 0 Å². The Bertz CT molecular complexity index is 828. The van der Waals surface area contributed by atoms with Gasteiger partial charge in [0.1, 0.15) is 18.4 Å². The van der Waals surface area contributed by atoms with E-state index in [1.807, 2.05) is 41.5 Å². The third-order valence-corrected chi connectivity index (χ3v) is 8.22. The Hall–Kier alpha value is -2.05. The summed E-state index contributed by atoms with van der Waals surface area (Å²) in [5.74, 6) is 2.15. The van der Waals surface area contributed by atoms with Gasteiger partial charge in [0, 0.05) is 51.0 Å². The number of Topliss-reactive ketones (excluding diaryl/α,β-unsaturated/α-hetero) is 1. The molecule has 1 aromatic carbocycles. The van der Waals surface area contributed by atoms with Gasteiger partial charge in [0.2, 0.25) is 0 Å². The minimum atomic E-state index is 0.0464. The number of nitrogens with one attached hydrogen (secondary N) is 1. The van der Waals surface area contributed by atoms with Gasteiger partial charge in [0.25, 0.3) is 0 Å². The summed E-state index contributed by atoms with van der Waals surface area (Å²) in [6, 6.07) is 7.07. The second-order valence-electron chi connectivity index (χ2n) is 11.6. The van der Waals surface area contributed by atoms with Crippen molar-refractivity contribution in [3.8, 4) is 0 Å². The lowest BCUT2D eigenvalue weighted by molar-refractivity contribution is -0.126. The lowest BCUT2D eigenvalue weighted by Crippen LogP contribution is -2.39. The molecule has 6 heteroatoms. The molecular formula is C35H63N3O3. The fourth-order valence-corrected chi connectivity index (χ4v) is 5.39. The Morgan fingerprint density at radius 3 is 2.07 bits per heavy atom. The summed E-state index contributed by atoms with van der Waals surface area (Å²) in [5.41, 5.74) is 4.29. The predicted octanol–water partition coefficient (Wildman–Crippen LogP) is 7.08. The average Bonchev–Trinajstić information content (AvgIpc) is 3.01. The van der Waals surface area contributed by atoms with Gasteiger partial charge in [-0.3, -0.25) is 4.79 Å². The van der Waals surface area contributed by atoms with E-state index in [0.717, 1.165) is 30.8 Å². The number of piperidine rings is 2. The van der Waals surface area contributed by atoms with Crippen molar-refractivity contribution in [2.24, 2.45) is 17.8 Å². The smallest absolute Gasteiger partial charge is 0.138 e. The summed E-state index contributed by atoms with van der Waals surface area (Å²) >= 11 is 0. The predicted molar refractivity (Wildman–Crippen MR) is 176 cm³/mol. The molecule has 236 valence electrons. The van der Waals surface area contributed by atoms with Crippen molar-refractivity contribution in [2.75, 3.05) is 51.7 Å². The highest BCUT2D eigenvalue weighted by atomic mass is 16.1. The Labute approximate surface area is 253 Å². The van der Waals surface area contributed by atoms with Crippen LogP contribution < -0.4 is 10.2 Å². The van der Waals surface area contributed by atoms with E-state index in [-0.39, 0.29) is 11.8 Å². The first-order valence-corrected chi connectivity index (χ1v) is 16.3. The zero-order chi connectivity index (χ0) is 31.2. The van der Waals surface area contributed by atoms with Crippen LogP contribution in [0.25, 0.3) is 0 Å². The molecule has 6 nitrogen and oxygen atoms in total. The maximum absolute atomic E-state index is 11.5. The van der Waals surface area contributed by atoms with Crippen LogP contribution in [0.1, 0.15) is 110 Å². The van der Waals surface area contributed by atoms with Crippen LogP contribution in [0.3, 0.4) is 0 Å². The van der Waals surface area contributed by atoms with Gasteiger partial charge in [0.15, 0.2) is 0 Å². The van der Waals surface area contributed by atoms with Crippen LogP contribution in [-0.4, -0.2) is 70.1 Å². The Morgan fingerprint density at radius 1 is 1.00 bits per heavy atom. The molecule has 3 rings (SSSR count). The second-order valence-corrected chi connectivity index (χ2v) is 11.6. The number of rotatable bonds is 11. The van der Waals surface area contributed by atoms with Crippen LogP contribution in [-0.2, 0) is 14.4 Å². The highest BCUT2D eigenvalue weighted by Crippen LogP contribution is 2.32. The number of benzene rings is 1. The maximum Gasteiger partial charge on any atom is 0.138 e. The third kappa shape index (κ3) is 15.7. The number of carbonyl (C=O) groups excluding carboxylic acids is 3. The summed E-state index contributed by atoms with van der Waals surface area (Å²) in [6.45, 7) is 20.2. The number of nitrogens with zero attached hydrogens (tertiary/aromatic N) is 2. The number of ketones is 1. The van der Waals surface area contributed by atoms with Crippen molar-refractivity contribution < 1.29 is 14.4 Å². The molecule has 1 aromatic rings. The van der Waals surface area contributed by atoms with Crippen molar-refractivity contribution in [1.29, 1.82) is 0 Å². The Balaban J connectivity index is 0.000000750. The minimum absolute atomic E-state index is 0.0464. The molecule has 2 heterocycles. The number of anilines is 1. The number of hydrogen-bond donors (Lipinski definition) is 1. The molecule has 0 aliphatic carbocycles. The first-order chi connectivity index (χ1) is 19.7. The zero-order valence-electron chi connectivity index (χ0n) is 28.0. The van der Waals surface area contributed by atoms with Gasteiger partial charge in [-0.1, -0.05) is 53.7 Å². The van der Waals surface area contributed by atoms with Crippen molar-refractivity contribution in [3.63, 3.8) is 0 Å². The van der Waals surface area contributed by atoms with Crippen molar-refractivity contribution in [3.05, 3.63) is 29.3 Å². The van der Waals surface area contributed by atoms with Gasteiger partial charge in [-0.25, -0.2) is 0 Å². The van der Waals surface area contributed by atoms with E-state index < -0.39 is 0 Å². The molecule has 0 amide bonds. The van der Waals surface area contributed by atoms with Gasteiger partial charge < -0.3 is 24.7 Å². The van der Waals surface area contributed by atoms with Crippen LogP contribution in [0.5, 0.6) is 0 Å². The van der Waals surface area contributed by atoms with E-state index >= 15 is 0 Å². The van der Waals surface area contributed by atoms with Crippen molar-refractivity contribution >= 4 is 24.0 Å². The first kappa shape index (κ1) is 39.0. The summed E-state index contributed by atoms with van der Waals surface area (Å²) < 4.78 is 0. The van der Waals surface area contributed by atoms with Gasteiger partial charge in [-0.05, 0) is 101 Å². The lowest BCUT2D eigenvalue weighted by atomic mass is 9.87. The molecule has 0 spiro atoms. The fraction of sp³-hybridized carbons (Fsp3) is 0.743. The number of likely N-dealkylation sites (tertiary alicyclic amines) is 1. The van der Waals surface area contributed by atoms with E-state index in [4.69, 9.17) is 0 Å². The molecule has 0 radical (unpaired) electrons. The lowest BCUT2D eigenvalue weighted by Gasteiger charge is -2.36. The monoisotopic (exact) mass is 573 g/mol. The van der Waals surface area contributed by atoms with Crippen LogP contribution in [0.4, 0.5) is 5.69 Å². The number of aldehydes is 2. The molecule has 2 aliphatic rings. The van der Waals surface area contributed by atoms with E-state index in [2.05, 4.69) is 54.3 Å².